The van der Waals surface area contributed by atoms with Gasteiger partial charge in [0, 0.05) is 11.3 Å². The smallest absolute Gasteiger partial charge is 0.0764 e. The average Bonchev–Trinajstić information content (AvgIpc) is 3.43. The first-order chi connectivity index (χ1) is 15.7. The third-order valence-electron chi connectivity index (χ3n) is 7.02. The second-order valence-electron chi connectivity index (χ2n) is 8.64. The van der Waals surface area contributed by atoms with E-state index in [4.69, 9.17) is 0 Å². The van der Waals surface area contributed by atoms with Crippen molar-refractivity contribution in [3.8, 4) is 6.07 Å². The summed E-state index contributed by atoms with van der Waals surface area (Å²) in [5.74, 6) is 0.0419. The van der Waals surface area contributed by atoms with E-state index in [1.807, 2.05) is 24.3 Å². The molecule has 1 saturated carbocycles. The number of benzene rings is 4. The number of nitriles is 1. The molecule has 154 valence electrons. The molecule has 4 aromatic carbocycles. The van der Waals surface area contributed by atoms with E-state index >= 15 is 0 Å². The van der Waals surface area contributed by atoms with Crippen LogP contribution in [0.4, 0.5) is 0 Å². The summed E-state index contributed by atoms with van der Waals surface area (Å²) in [4.78, 5) is 0. The number of hydrogen-bond acceptors (Lipinski definition) is 1. The second kappa shape index (κ2) is 7.98. The number of rotatable bonds is 5. The predicted molar refractivity (Wildman–Crippen MR) is 131 cm³/mol. The average molecular weight is 412 g/mol. The molecule has 4 aromatic rings. The summed E-state index contributed by atoms with van der Waals surface area (Å²) in [6.07, 6.45) is 2.34. The van der Waals surface area contributed by atoms with Crippen molar-refractivity contribution in [2.24, 2.45) is 11.3 Å². The molecule has 0 aromatic heterocycles. The van der Waals surface area contributed by atoms with Crippen LogP contribution in [0.3, 0.4) is 0 Å². The van der Waals surface area contributed by atoms with Gasteiger partial charge in [0.2, 0.25) is 0 Å². The molecule has 2 atom stereocenters. The highest BCUT2D eigenvalue weighted by Crippen LogP contribution is 2.73. The Balaban J connectivity index is 1.75. The summed E-state index contributed by atoms with van der Waals surface area (Å²) in [7, 11) is 0. The SMILES string of the molecule is C[C@]1(C#N)[C@H](C=C(c2ccccc2)c2ccccc2)C1(c1ccccc1)c1ccccc1. The van der Waals surface area contributed by atoms with Crippen LogP contribution in [0.1, 0.15) is 29.2 Å². The first kappa shape index (κ1) is 20.0. The molecule has 0 heterocycles. The Labute approximate surface area is 190 Å². The van der Waals surface area contributed by atoms with Gasteiger partial charge in [-0.1, -0.05) is 127 Å². The van der Waals surface area contributed by atoms with Gasteiger partial charge in [-0.25, -0.2) is 0 Å². The van der Waals surface area contributed by atoms with Gasteiger partial charge >= 0.3 is 0 Å². The van der Waals surface area contributed by atoms with Gasteiger partial charge in [0.05, 0.1) is 11.5 Å². The zero-order valence-electron chi connectivity index (χ0n) is 18.1. The van der Waals surface area contributed by atoms with Crippen LogP contribution < -0.4 is 0 Å². The van der Waals surface area contributed by atoms with Crippen LogP contribution in [0.15, 0.2) is 127 Å². The lowest BCUT2D eigenvalue weighted by molar-refractivity contribution is 0.630. The first-order valence-corrected chi connectivity index (χ1v) is 11.1. The fourth-order valence-electron chi connectivity index (χ4n) is 5.39. The fraction of sp³-hybridized carbons (Fsp3) is 0.129. The van der Waals surface area contributed by atoms with Crippen molar-refractivity contribution in [3.63, 3.8) is 0 Å². The molecule has 1 aliphatic rings. The minimum absolute atomic E-state index is 0.0419. The van der Waals surface area contributed by atoms with Gasteiger partial charge < -0.3 is 0 Å². The van der Waals surface area contributed by atoms with Crippen molar-refractivity contribution in [1.29, 1.82) is 5.26 Å². The molecule has 0 radical (unpaired) electrons. The zero-order chi connectivity index (χ0) is 22.0. The van der Waals surface area contributed by atoms with Crippen molar-refractivity contribution in [2.75, 3.05) is 0 Å². The highest BCUT2D eigenvalue weighted by Gasteiger charge is 2.75. The largest absolute Gasteiger partial charge is 0.198 e. The van der Waals surface area contributed by atoms with E-state index < -0.39 is 5.41 Å². The van der Waals surface area contributed by atoms with E-state index in [1.165, 1.54) is 27.8 Å². The van der Waals surface area contributed by atoms with E-state index in [0.29, 0.717) is 0 Å². The molecule has 1 nitrogen and oxygen atoms in total. The van der Waals surface area contributed by atoms with Crippen molar-refractivity contribution in [1.82, 2.24) is 0 Å². The van der Waals surface area contributed by atoms with Gasteiger partial charge in [-0.2, -0.15) is 5.26 Å². The second-order valence-corrected chi connectivity index (χ2v) is 8.64. The summed E-state index contributed by atoms with van der Waals surface area (Å²) in [6, 6.07) is 44.8. The number of hydrogen-bond donors (Lipinski definition) is 0. The van der Waals surface area contributed by atoms with Gasteiger partial charge in [-0.15, -0.1) is 0 Å². The predicted octanol–water partition coefficient (Wildman–Crippen LogP) is 7.26. The molecule has 0 spiro atoms. The maximum Gasteiger partial charge on any atom is 0.0764 e. The van der Waals surface area contributed by atoms with Gasteiger partial charge in [0.15, 0.2) is 0 Å². The van der Waals surface area contributed by atoms with Crippen LogP contribution in [0, 0.1) is 22.7 Å². The van der Waals surface area contributed by atoms with Gasteiger partial charge in [-0.05, 0) is 34.8 Å². The van der Waals surface area contributed by atoms with Gasteiger partial charge in [-0.3, -0.25) is 0 Å². The molecule has 0 amide bonds. The van der Waals surface area contributed by atoms with Crippen molar-refractivity contribution < 1.29 is 0 Å². The topological polar surface area (TPSA) is 23.8 Å². The summed E-state index contributed by atoms with van der Waals surface area (Å²) in [5, 5.41) is 10.5. The lowest BCUT2D eigenvalue weighted by Crippen LogP contribution is -2.17. The Morgan fingerprint density at radius 1 is 0.656 bits per heavy atom. The molecule has 5 rings (SSSR count). The number of allylic oxidation sites excluding steroid dienone is 1. The van der Waals surface area contributed by atoms with E-state index in [0.717, 1.165) is 0 Å². The monoisotopic (exact) mass is 411 g/mol. The fourth-order valence-corrected chi connectivity index (χ4v) is 5.39. The summed E-state index contributed by atoms with van der Waals surface area (Å²) in [5.41, 5.74) is 4.95. The quantitative estimate of drug-likeness (QED) is 0.339. The Bertz CT molecular complexity index is 1190. The van der Waals surface area contributed by atoms with E-state index in [2.05, 4.69) is 116 Å². The maximum absolute atomic E-state index is 10.5. The Morgan fingerprint density at radius 2 is 1.03 bits per heavy atom. The van der Waals surface area contributed by atoms with Gasteiger partial charge in [0.25, 0.3) is 0 Å². The van der Waals surface area contributed by atoms with Crippen LogP contribution in [0.2, 0.25) is 0 Å². The highest BCUT2D eigenvalue weighted by molar-refractivity contribution is 5.81. The lowest BCUT2D eigenvalue weighted by atomic mass is 9.81. The molecule has 0 saturated heterocycles. The van der Waals surface area contributed by atoms with E-state index in [9.17, 15) is 5.26 Å². The molecular formula is C31H25N. The normalized spacial score (nSPS) is 20.7. The third-order valence-corrected chi connectivity index (χ3v) is 7.02. The molecule has 32 heavy (non-hydrogen) atoms. The molecular weight excluding hydrogens is 386 g/mol. The van der Waals surface area contributed by atoms with Crippen LogP contribution in [-0.2, 0) is 5.41 Å². The zero-order valence-corrected chi connectivity index (χ0v) is 18.1. The van der Waals surface area contributed by atoms with Gasteiger partial charge in [0.1, 0.15) is 0 Å². The molecule has 0 bridgehead atoms. The van der Waals surface area contributed by atoms with Crippen molar-refractivity contribution in [3.05, 3.63) is 150 Å². The molecule has 0 aliphatic heterocycles. The van der Waals surface area contributed by atoms with Crippen LogP contribution in [-0.4, -0.2) is 0 Å². The number of nitrogens with zero attached hydrogens (tertiary/aromatic N) is 1. The third kappa shape index (κ3) is 3.00. The Morgan fingerprint density at radius 3 is 1.41 bits per heavy atom. The lowest BCUT2D eigenvalue weighted by Gasteiger charge is -2.21. The molecule has 1 fully saturated rings. The molecule has 1 heteroatoms. The summed E-state index contributed by atoms with van der Waals surface area (Å²) < 4.78 is 0. The summed E-state index contributed by atoms with van der Waals surface area (Å²) >= 11 is 0. The van der Waals surface area contributed by atoms with E-state index in [-0.39, 0.29) is 11.3 Å². The van der Waals surface area contributed by atoms with Crippen molar-refractivity contribution >= 4 is 5.57 Å². The molecule has 1 aliphatic carbocycles. The first-order valence-electron chi connectivity index (χ1n) is 11.1. The maximum atomic E-state index is 10.5. The highest BCUT2D eigenvalue weighted by atomic mass is 14.7. The minimum Gasteiger partial charge on any atom is -0.198 e. The van der Waals surface area contributed by atoms with Crippen LogP contribution >= 0.6 is 0 Å². The Kier molecular flexibility index (Phi) is 5.00. The summed E-state index contributed by atoms with van der Waals surface area (Å²) in [6.45, 7) is 2.11. The van der Waals surface area contributed by atoms with Crippen LogP contribution in [0.5, 0.6) is 0 Å². The van der Waals surface area contributed by atoms with Crippen molar-refractivity contribution in [2.45, 2.75) is 12.3 Å². The van der Waals surface area contributed by atoms with E-state index in [1.54, 1.807) is 0 Å². The standard InChI is InChI=1S/C31H25N/c1-30(23-32)29(22-28(24-14-6-2-7-15-24)25-16-8-3-9-17-25)31(30,26-18-10-4-11-19-26)27-20-12-5-13-21-27/h2-22,29H,1H3/t29-,30-/m0/s1. The minimum atomic E-state index is -0.551. The van der Waals surface area contributed by atoms with Crippen LogP contribution in [0.25, 0.3) is 5.57 Å². The Hall–Kier alpha value is -3.89. The molecule has 0 unspecified atom stereocenters. The molecule has 0 N–H and O–H groups in total.